The molecule has 0 saturated carbocycles. The molecule has 0 aliphatic rings. The summed E-state index contributed by atoms with van der Waals surface area (Å²) in [6.07, 6.45) is 0. The Kier molecular flexibility index (Phi) is 5.19. The van der Waals surface area contributed by atoms with E-state index in [2.05, 4.69) is 20.6 Å². The summed E-state index contributed by atoms with van der Waals surface area (Å²) in [5.74, 6) is 0.726. The predicted octanol–water partition coefficient (Wildman–Crippen LogP) is 5.05. The predicted molar refractivity (Wildman–Crippen MR) is 105 cm³/mol. The van der Waals surface area contributed by atoms with Gasteiger partial charge in [0.1, 0.15) is 17.3 Å². The Morgan fingerprint density at radius 1 is 1.00 bits per heavy atom. The van der Waals surface area contributed by atoms with Gasteiger partial charge in [-0.2, -0.15) is 0 Å². The molecule has 132 valence electrons. The van der Waals surface area contributed by atoms with E-state index >= 15 is 0 Å². The lowest BCUT2D eigenvalue weighted by molar-refractivity contribution is 0.102. The third-order valence-electron chi connectivity index (χ3n) is 3.79. The monoisotopic (exact) mass is 366 g/mol. The molecule has 0 spiro atoms. The average Bonchev–Trinajstić information content (AvgIpc) is 2.58. The van der Waals surface area contributed by atoms with Crippen LogP contribution in [-0.4, -0.2) is 15.9 Å². The second-order valence-corrected chi connectivity index (χ2v) is 6.48. The largest absolute Gasteiger partial charge is 0.340 e. The zero-order valence-corrected chi connectivity index (χ0v) is 15.6. The van der Waals surface area contributed by atoms with Crippen LogP contribution in [0.25, 0.3) is 0 Å². The Morgan fingerprint density at radius 3 is 2.42 bits per heavy atom. The van der Waals surface area contributed by atoms with Gasteiger partial charge in [0.25, 0.3) is 5.91 Å². The van der Waals surface area contributed by atoms with E-state index in [1.54, 1.807) is 13.0 Å². The zero-order valence-electron chi connectivity index (χ0n) is 14.8. The number of anilines is 3. The number of carbonyl (C=O) groups excluding carboxylic acids is 1. The minimum Gasteiger partial charge on any atom is -0.340 e. The maximum Gasteiger partial charge on any atom is 0.274 e. The molecule has 1 aromatic heterocycles. The first-order valence-electron chi connectivity index (χ1n) is 8.18. The quantitative estimate of drug-likeness (QED) is 0.678. The molecule has 1 heterocycles. The van der Waals surface area contributed by atoms with E-state index in [4.69, 9.17) is 11.6 Å². The molecule has 0 bridgehead atoms. The van der Waals surface area contributed by atoms with Gasteiger partial charge in [-0.1, -0.05) is 35.9 Å². The lowest BCUT2D eigenvalue weighted by atomic mass is 10.1. The van der Waals surface area contributed by atoms with Gasteiger partial charge in [0.2, 0.25) is 0 Å². The van der Waals surface area contributed by atoms with Crippen LogP contribution in [0.4, 0.5) is 17.2 Å². The molecule has 0 aliphatic carbocycles. The zero-order chi connectivity index (χ0) is 18.7. The fraction of sp³-hybridized carbons (Fsp3) is 0.150. The summed E-state index contributed by atoms with van der Waals surface area (Å²) in [6.45, 7) is 5.61. The molecular weight excluding hydrogens is 348 g/mol. The molecule has 2 N–H and O–H groups in total. The number of nitrogens with one attached hydrogen (secondary N) is 2. The number of para-hydroxylation sites is 1. The first kappa shape index (κ1) is 17.9. The lowest BCUT2D eigenvalue weighted by Gasteiger charge is -2.12. The Balaban J connectivity index is 1.86. The normalized spacial score (nSPS) is 10.5. The third-order valence-corrected chi connectivity index (χ3v) is 4.09. The van der Waals surface area contributed by atoms with Crippen LogP contribution in [0.3, 0.4) is 0 Å². The van der Waals surface area contributed by atoms with E-state index in [-0.39, 0.29) is 11.6 Å². The Labute approximate surface area is 157 Å². The van der Waals surface area contributed by atoms with Crippen LogP contribution in [0.15, 0.2) is 48.5 Å². The number of aryl methyl sites for hydroxylation is 3. The number of hydrogen-bond acceptors (Lipinski definition) is 4. The van der Waals surface area contributed by atoms with Gasteiger partial charge in [-0.25, -0.2) is 9.97 Å². The maximum absolute atomic E-state index is 12.7. The van der Waals surface area contributed by atoms with Crippen LogP contribution >= 0.6 is 11.6 Å². The summed E-state index contributed by atoms with van der Waals surface area (Å²) < 4.78 is 0. The molecule has 6 heteroatoms. The highest BCUT2D eigenvalue weighted by Crippen LogP contribution is 2.28. The van der Waals surface area contributed by atoms with Gasteiger partial charge in [-0.05, 0) is 50.1 Å². The minimum absolute atomic E-state index is 0.270. The van der Waals surface area contributed by atoms with Crippen LogP contribution in [0, 0.1) is 20.8 Å². The number of aromatic nitrogens is 2. The number of carbonyl (C=O) groups is 1. The topological polar surface area (TPSA) is 66.9 Å². The van der Waals surface area contributed by atoms with Crippen molar-refractivity contribution in [3.63, 3.8) is 0 Å². The fourth-order valence-corrected chi connectivity index (χ4v) is 3.04. The summed E-state index contributed by atoms with van der Waals surface area (Å²) in [4.78, 5) is 21.3. The highest BCUT2D eigenvalue weighted by molar-refractivity contribution is 6.34. The van der Waals surface area contributed by atoms with Crippen molar-refractivity contribution in [2.75, 3.05) is 10.6 Å². The van der Waals surface area contributed by atoms with Gasteiger partial charge in [-0.15, -0.1) is 0 Å². The SMILES string of the molecule is Cc1cc(C)c(NC(=O)c2cc(Nc3ccccc3)nc(C)n2)c(Cl)c1. The van der Waals surface area contributed by atoms with Crippen molar-refractivity contribution in [3.8, 4) is 0 Å². The van der Waals surface area contributed by atoms with Crippen LogP contribution in [0.1, 0.15) is 27.4 Å². The average molecular weight is 367 g/mol. The summed E-state index contributed by atoms with van der Waals surface area (Å²) in [7, 11) is 0. The van der Waals surface area contributed by atoms with Gasteiger partial charge in [0.05, 0.1) is 10.7 Å². The lowest BCUT2D eigenvalue weighted by Crippen LogP contribution is -2.16. The standard InChI is InChI=1S/C20H19ClN4O/c1-12-9-13(2)19(16(21)10-12)25-20(26)17-11-18(23-14(3)22-17)24-15-7-5-4-6-8-15/h4-11H,1-3H3,(H,25,26)(H,22,23,24). The second-order valence-electron chi connectivity index (χ2n) is 6.07. The van der Waals surface area contributed by atoms with Crippen molar-refractivity contribution in [3.05, 3.63) is 76.2 Å². The molecule has 1 amide bonds. The first-order chi connectivity index (χ1) is 12.4. The van der Waals surface area contributed by atoms with E-state index in [9.17, 15) is 4.79 Å². The minimum atomic E-state index is -0.333. The van der Waals surface area contributed by atoms with E-state index in [1.807, 2.05) is 56.3 Å². The molecule has 0 aliphatic heterocycles. The second kappa shape index (κ2) is 7.54. The van der Waals surface area contributed by atoms with Gasteiger partial charge >= 0.3 is 0 Å². The Morgan fingerprint density at radius 2 is 1.73 bits per heavy atom. The van der Waals surface area contributed by atoms with E-state index in [1.165, 1.54) is 0 Å². The molecule has 0 fully saturated rings. The van der Waals surface area contributed by atoms with Crippen molar-refractivity contribution in [2.45, 2.75) is 20.8 Å². The number of rotatable bonds is 4. The van der Waals surface area contributed by atoms with Crippen LogP contribution in [0.5, 0.6) is 0 Å². The summed E-state index contributed by atoms with van der Waals surface area (Å²) >= 11 is 6.28. The van der Waals surface area contributed by atoms with Crippen LogP contribution < -0.4 is 10.6 Å². The summed E-state index contributed by atoms with van der Waals surface area (Å²) in [6, 6.07) is 15.0. The molecule has 3 aromatic rings. The van der Waals surface area contributed by atoms with E-state index < -0.39 is 0 Å². The number of nitrogens with zero attached hydrogens (tertiary/aromatic N) is 2. The highest BCUT2D eigenvalue weighted by atomic mass is 35.5. The molecule has 0 saturated heterocycles. The van der Waals surface area contributed by atoms with Crippen molar-refractivity contribution in [1.82, 2.24) is 9.97 Å². The molecule has 0 atom stereocenters. The number of hydrogen-bond donors (Lipinski definition) is 2. The Bertz CT molecular complexity index is 934. The summed E-state index contributed by atoms with van der Waals surface area (Å²) in [5.41, 5.74) is 3.69. The Hall–Kier alpha value is -2.92. The number of halogens is 1. The van der Waals surface area contributed by atoms with Crippen molar-refractivity contribution in [1.29, 1.82) is 0 Å². The molecule has 3 rings (SSSR count). The molecule has 0 radical (unpaired) electrons. The summed E-state index contributed by atoms with van der Waals surface area (Å²) in [5, 5.41) is 6.53. The van der Waals surface area contributed by atoms with Crippen LogP contribution in [-0.2, 0) is 0 Å². The highest BCUT2D eigenvalue weighted by Gasteiger charge is 2.14. The molecular formula is C20H19ClN4O. The smallest absolute Gasteiger partial charge is 0.274 e. The molecule has 26 heavy (non-hydrogen) atoms. The van der Waals surface area contributed by atoms with Gasteiger partial charge < -0.3 is 10.6 Å². The maximum atomic E-state index is 12.7. The van der Waals surface area contributed by atoms with Crippen molar-refractivity contribution in [2.24, 2.45) is 0 Å². The number of amides is 1. The van der Waals surface area contributed by atoms with Crippen molar-refractivity contribution < 1.29 is 4.79 Å². The van der Waals surface area contributed by atoms with Crippen LogP contribution in [0.2, 0.25) is 5.02 Å². The number of benzene rings is 2. The first-order valence-corrected chi connectivity index (χ1v) is 8.56. The van der Waals surface area contributed by atoms with Crippen molar-refractivity contribution >= 4 is 34.7 Å². The third kappa shape index (κ3) is 4.18. The molecule has 0 unspecified atom stereocenters. The van der Waals surface area contributed by atoms with E-state index in [0.717, 1.165) is 16.8 Å². The van der Waals surface area contributed by atoms with Gasteiger partial charge in [0, 0.05) is 11.8 Å². The van der Waals surface area contributed by atoms with Gasteiger partial charge in [0.15, 0.2) is 0 Å². The molecule has 5 nitrogen and oxygen atoms in total. The molecule has 2 aromatic carbocycles. The van der Waals surface area contributed by atoms with Gasteiger partial charge in [-0.3, -0.25) is 4.79 Å². The van der Waals surface area contributed by atoms with E-state index in [0.29, 0.717) is 22.4 Å². The fourth-order valence-electron chi connectivity index (χ4n) is 2.67.